The summed E-state index contributed by atoms with van der Waals surface area (Å²) in [6.45, 7) is 6.96. The molecule has 6 heteroatoms. The standard InChI is InChI=1S/C15H22N4OS/c1-9(2)6-7-16-15(20)13-17-11-8-21-10(3)12(11)14(18-13)19(4)5/h8-9H,6-7H2,1-5H3,(H,16,20). The Hall–Kier alpha value is -1.69. The number of hydrogen-bond donors (Lipinski definition) is 1. The Morgan fingerprint density at radius 3 is 2.71 bits per heavy atom. The van der Waals surface area contributed by atoms with Crippen molar-refractivity contribution in [3.63, 3.8) is 0 Å². The van der Waals surface area contributed by atoms with Crippen LogP contribution in [0.4, 0.5) is 5.82 Å². The summed E-state index contributed by atoms with van der Waals surface area (Å²) in [5.74, 6) is 1.40. The first-order chi connectivity index (χ1) is 9.90. The number of thiophene rings is 1. The van der Waals surface area contributed by atoms with Crippen LogP contribution in [0.5, 0.6) is 0 Å². The van der Waals surface area contributed by atoms with Crippen LogP contribution >= 0.6 is 11.3 Å². The first kappa shape index (κ1) is 15.7. The van der Waals surface area contributed by atoms with Crippen LogP contribution in [0.2, 0.25) is 0 Å². The fourth-order valence-electron chi connectivity index (χ4n) is 2.07. The number of anilines is 1. The molecule has 21 heavy (non-hydrogen) atoms. The van der Waals surface area contributed by atoms with Gasteiger partial charge in [0.1, 0.15) is 5.82 Å². The van der Waals surface area contributed by atoms with Gasteiger partial charge in [-0.15, -0.1) is 11.3 Å². The van der Waals surface area contributed by atoms with Crippen LogP contribution in [-0.4, -0.2) is 36.5 Å². The highest BCUT2D eigenvalue weighted by atomic mass is 32.1. The molecule has 1 N–H and O–H groups in total. The highest BCUT2D eigenvalue weighted by Gasteiger charge is 2.17. The van der Waals surface area contributed by atoms with Gasteiger partial charge in [-0.3, -0.25) is 4.79 Å². The Bertz CT molecular complexity index is 648. The molecule has 2 aromatic rings. The molecule has 0 aliphatic carbocycles. The molecule has 0 aliphatic heterocycles. The van der Waals surface area contributed by atoms with Crippen molar-refractivity contribution in [1.82, 2.24) is 15.3 Å². The highest BCUT2D eigenvalue weighted by molar-refractivity contribution is 7.11. The Morgan fingerprint density at radius 1 is 1.38 bits per heavy atom. The van der Waals surface area contributed by atoms with Crippen molar-refractivity contribution in [2.75, 3.05) is 25.5 Å². The first-order valence-corrected chi connectivity index (χ1v) is 7.99. The summed E-state index contributed by atoms with van der Waals surface area (Å²) in [4.78, 5) is 24.1. The van der Waals surface area contributed by atoms with Gasteiger partial charge in [-0.25, -0.2) is 9.97 Å². The molecule has 2 aromatic heterocycles. The van der Waals surface area contributed by atoms with E-state index in [0.717, 1.165) is 23.1 Å². The maximum atomic E-state index is 12.2. The molecule has 2 heterocycles. The smallest absolute Gasteiger partial charge is 0.289 e. The second-order valence-electron chi connectivity index (χ2n) is 5.76. The van der Waals surface area contributed by atoms with Crippen LogP contribution < -0.4 is 10.2 Å². The molecule has 0 spiro atoms. The van der Waals surface area contributed by atoms with Gasteiger partial charge in [-0.2, -0.15) is 0 Å². The lowest BCUT2D eigenvalue weighted by atomic mass is 10.1. The Balaban J connectivity index is 2.30. The van der Waals surface area contributed by atoms with E-state index in [-0.39, 0.29) is 11.7 Å². The Kier molecular flexibility index (Phi) is 4.77. The second-order valence-corrected chi connectivity index (χ2v) is 6.84. The van der Waals surface area contributed by atoms with E-state index in [2.05, 4.69) is 29.1 Å². The number of amides is 1. The fraction of sp³-hybridized carbons (Fsp3) is 0.533. The molecule has 0 aliphatic rings. The maximum Gasteiger partial charge on any atom is 0.289 e. The van der Waals surface area contributed by atoms with Gasteiger partial charge in [0.05, 0.1) is 10.9 Å². The number of nitrogens with zero attached hydrogens (tertiary/aromatic N) is 3. The summed E-state index contributed by atoms with van der Waals surface area (Å²) in [7, 11) is 3.86. The molecule has 0 aromatic carbocycles. The number of aryl methyl sites for hydroxylation is 1. The molecular weight excluding hydrogens is 284 g/mol. The summed E-state index contributed by atoms with van der Waals surface area (Å²) < 4.78 is 0. The van der Waals surface area contributed by atoms with Crippen molar-refractivity contribution >= 4 is 34.0 Å². The van der Waals surface area contributed by atoms with Crippen LogP contribution in [0.3, 0.4) is 0 Å². The Morgan fingerprint density at radius 2 is 2.10 bits per heavy atom. The van der Waals surface area contributed by atoms with E-state index < -0.39 is 0 Å². The third-order valence-electron chi connectivity index (χ3n) is 3.25. The zero-order valence-electron chi connectivity index (χ0n) is 13.2. The van der Waals surface area contributed by atoms with E-state index in [1.165, 1.54) is 4.88 Å². The van der Waals surface area contributed by atoms with Gasteiger partial charge in [-0.05, 0) is 19.3 Å². The van der Waals surface area contributed by atoms with E-state index in [0.29, 0.717) is 12.5 Å². The number of rotatable bonds is 5. The third kappa shape index (κ3) is 3.50. The average Bonchev–Trinajstić information content (AvgIpc) is 2.79. The van der Waals surface area contributed by atoms with E-state index in [4.69, 9.17) is 0 Å². The summed E-state index contributed by atoms with van der Waals surface area (Å²) in [6, 6.07) is 0. The predicted molar refractivity (Wildman–Crippen MR) is 88.3 cm³/mol. The van der Waals surface area contributed by atoms with Crippen LogP contribution in [0.15, 0.2) is 5.38 Å². The third-order valence-corrected chi connectivity index (χ3v) is 4.15. The number of fused-ring (bicyclic) bond motifs is 1. The molecule has 0 bridgehead atoms. The molecule has 0 atom stereocenters. The molecular formula is C15H22N4OS. The van der Waals surface area contributed by atoms with E-state index >= 15 is 0 Å². The van der Waals surface area contributed by atoms with Crippen molar-refractivity contribution < 1.29 is 4.79 Å². The van der Waals surface area contributed by atoms with Crippen molar-refractivity contribution in [2.45, 2.75) is 27.2 Å². The SMILES string of the molecule is Cc1scc2nc(C(=O)NCCC(C)C)nc(N(C)C)c12. The average molecular weight is 306 g/mol. The van der Waals surface area contributed by atoms with Gasteiger partial charge >= 0.3 is 0 Å². The number of hydrogen-bond acceptors (Lipinski definition) is 5. The van der Waals surface area contributed by atoms with E-state index in [1.54, 1.807) is 11.3 Å². The monoisotopic (exact) mass is 306 g/mol. The van der Waals surface area contributed by atoms with Crippen molar-refractivity contribution in [3.05, 3.63) is 16.1 Å². The van der Waals surface area contributed by atoms with Crippen LogP contribution in [0, 0.1) is 12.8 Å². The molecule has 0 fully saturated rings. The summed E-state index contributed by atoms with van der Waals surface area (Å²) in [6.07, 6.45) is 0.950. The van der Waals surface area contributed by atoms with Crippen molar-refractivity contribution in [3.8, 4) is 0 Å². The first-order valence-electron chi connectivity index (χ1n) is 7.11. The summed E-state index contributed by atoms with van der Waals surface area (Å²) in [5.41, 5.74) is 0.838. The zero-order valence-corrected chi connectivity index (χ0v) is 14.0. The number of carbonyl (C=O) groups excluding carboxylic acids is 1. The molecule has 0 radical (unpaired) electrons. The fourth-order valence-corrected chi connectivity index (χ4v) is 2.84. The number of carbonyl (C=O) groups is 1. The minimum absolute atomic E-state index is 0.204. The number of aromatic nitrogens is 2. The second kappa shape index (κ2) is 6.39. The van der Waals surface area contributed by atoms with Crippen molar-refractivity contribution in [2.24, 2.45) is 5.92 Å². The zero-order chi connectivity index (χ0) is 15.6. The molecule has 1 amide bonds. The largest absolute Gasteiger partial charge is 0.362 e. The number of nitrogens with one attached hydrogen (secondary N) is 1. The lowest BCUT2D eigenvalue weighted by Gasteiger charge is -2.14. The van der Waals surface area contributed by atoms with Crippen LogP contribution in [0.1, 0.15) is 35.8 Å². The van der Waals surface area contributed by atoms with Crippen LogP contribution in [0.25, 0.3) is 10.9 Å². The summed E-state index contributed by atoms with van der Waals surface area (Å²) in [5, 5.41) is 5.90. The normalized spacial score (nSPS) is 11.1. The van der Waals surface area contributed by atoms with Gasteiger partial charge in [0.15, 0.2) is 0 Å². The highest BCUT2D eigenvalue weighted by Crippen LogP contribution is 2.30. The quantitative estimate of drug-likeness (QED) is 0.923. The molecule has 0 saturated heterocycles. The van der Waals surface area contributed by atoms with Crippen LogP contribution in [-0.2, 0) is 0 Å². The Labute approximate surface area is 129 Å². The molecule has 0 unspecified atom stereocenters. The molecule has 0 saturated carbocycles. The predicted octanol–water partition coefficient (Wildman–Crippen LogP) is 2.84. The van der Waals surface area contributed by atoms with Gasteiger partial charge < -0.3 is 10.2 Å². The molecule has 5 nitrogen and oxygen atoms in total. The van der Waals surface area contributed by atoms with Gasteiger partial charge in [0.2, 0.25) is 5.82 Å². The van der Waals surface area contributed by atoms with E-state index in [9.17, 15) is 4.79 Å². The molecule has 114 valence electrons. The lowest BCUT2D eigenvalue weighted by molar-refractivity contribution is 0.0942. The maximum absolute atomic E-state index is 12.2. The minimum atomic E-state index is -0.204. The minimum Gasteiger partial charge on any atom is -0.362 e. The van der Waals surface area contributed by atoms with Gasteiger partial charge in [-0.1, -0.05) is 13.8 Å². The molecule has 2 rings (SSSR count). The van der Waals surface area contributed by atoms with Gasteiger partial charge in [0.25, 0.3) is 5.91 Å². The topological polar surface area (TPSA) is 58.1 Å². The summed E-state index contributed by atoms with van der Waals surface area (Å²) >= 11 is 1.63. The van der Waals surface area contributed by atoms with Crippen molar-refractivity contribution in [1.29, 1.82) is 0 Å². The van der Waals surface area contributed by atoms with Gasteiger partial charge in [0, 0.05) is 30.9 Å². The lowest BCUT2D eigenvalue weighted by Crippen LogP contribution is -2.28. The van der Waals surface area contributed by atoms with E-state index in [1.807, 2.05) is 31.3 Å².